The SMILES string of the molecule is COc1ccccc1N1CCN(CCCCOc2ccc(Cl)cc2)CC1.O=C(O)C(=O)O. The lowest BCUT2D eigenvalue weighted by Crippen LogP contribution is -2.46. The number of benzene rings is 2. The fourth-order valence-electron chi connectivity index (χ4n) is 3.26. The summed E-state index contributed by atoms with van der Waals surface area (Å²) in [6.45, 7) is 6.15. The van der Waals surface area contributed by atoms with Crippen LogP contribution in [-0.2, 0) is 9.59 Å². The molecule has 0 amide bonds. The Morgan fingerprint density at radius 1 is 0.938 bits per heavy atom. The van der Waals surface area contributed by atoms with Gasteiger partial charge in [0.15, 0.2) is 0 Å². The smallest absolute Gasteiger partial charge is 0.414 e. The summed E-state index contributed by atoms with van der Waals surface area (Å²) >= 11 is 5.88. The standard InChI is InChI=1S/C21H27ClN2O2.C2H2O4/c1-25-21-7-3-2-6-20(21)24-15-13-23(14-16-24)12-4-5-17-26-19-10-8-18(22)9-11-19;3-1(4)2(5)6/h2-3,6-11H,4-5,12-17H2,1H3;(H,3,4)(H,5,6). The van der Waals surface area contributed by atoms with Gasteiger partial charge in [0.25, 0.3) is 0 Å². The number of hydrogen-bond acceptors (Lipinski definition) is 6. The molecule has 1 aliphatic rings. The first-order valence-electron chi connectivity index (χ1n) is 10.4. The Morgan fingerprint density at radius 2 is 1.56 bits per heavy atom. The predicted molar refractivity (Wildman–Crippen MR) is 123 cm³/mol. The summed E-state index contributed by atoms with van der Waals surface area (Å²) in [5.74, 6) is -1.80. The third-order valence-electron chi connectivity index (χ3n) is 4.93. The van der Waals surface area contributed by atoms with Crippen LogP contribution in [0.3, 0.4) is 0 Å². The molecule has 3 rings (SSSR count). The van der Waals surface area contributed by atoms with Gasteiger partial charge in [-0.25, -0.2) is 9.59 Å². The molecule has 32 heavy (non-hydrogen) atoms. The van der Waals surface area contributed by atoms with Crippen LogP contribution in [0, 0.1) is 0 Å². The van der Waals surface area contributed by atoms with Crippen LogP contribution in [0.2, 0.25) is 5.02 Å². The van der Waals surface area contributed by atoms with Crippen LogP contribution in [-0.4, -0.2) is 73.5 Å². The Morgan fingerprint density at radius 3 is 2.16 bits per heavy atom. The van der Waals surface area contributed by atoms with E-state index >= 15 is 0 Å². The van der Waals surface area contributed by atoms with Crippen molar-refractivity contribution in [3.63, 3.8) is 0 Å². The van der Waals surface area contributed by atoms with Crippen LogP contribution in [0.25, 0.3) is 0 Å². The highest BCUT2D eigenvalue weighted by molar-refractivity contribution is 6.30. The van der Waals surface area contributed by atoms with E-state index in [-0.39, 0.29) is 0 Å². The minimum atomic E-state index is -1.82. The van der Waals surface area contributed by atoms with Crippen LogP contribution in [0.15, 0.2) is 48.5 Å². The quantitative estimate of drug-likeness (QED) is 0.452. The molecule has 2 aromatic carbocycles. The van der Waals surface area contributed by atoms with Crippen LogP contribution >= 0.6 is 11.6 Å². The van der Waals surface area contributed by atoms with E-state index in [0.29, 0.717) is 0 Å². The van der Waals surface area contributed by atoms with Gasteiger partial charge in [0, 0.05) is 31.2 Å². The Hall–Kier alpha value is -2.97. The number of para-hydroxylation sites is 2. The number of ether oxygens (including phenoxy) is 2. The van der Waals surface area contributed by atoms with Crippen molar-refractivity contribution in [2.75, 3.05) is 51.3 Å². The number of halogens is 1. The van der Waals surface area contributed by atoms with Crippen molar-refractivity contribution in [3.05, 3.63) is 53.6 Å². The first kappa shape index (κ1) is 25.3. The number of carboxylic acid groups (broad SMARTS) is 2. The van der Waals surface area contributed by atoms with Crippen molar-refractivity contribution in [3.8, 4) is 11.5 Å². The second-order valence-electron chi connectivity index (χ2n) is 7.12. The van der Waals surface area contributed by atoms with E-state index in [1.807, 2.05) is 36.4 Å². The summed E-state index contributed by atoms with van der Waals surface area (Å²) in [6, 6.07) is 15.8. The van der Waals surface area contributed by atoms with Crippen LogP contribution < -0.4 is 14.4 Å². The molecule has 0 aliphatic carbocycles. The van der Waals surface area contributed by atoms with Gasteiger partial charge in [0.2, 0.25) is 0 Å². The Bertz CT molecular complexity index is 842. The molecule has 1 heterocycles. The first-order valence-corrected chi connectivity index (χ1v) is 10.7. The summed E-state index contributed by atoms with van der Waals surface area (Å²) in [7, 11) is 1.74. The minimum absolute atomic E-state index is 0.740. The normalized spacial score (nSPS) is 13.6. The summed E-state index contributed by atoms with van der Waals surface area (Å²) in [4.78, 5) is 23.2. The molecule has 0 saturated carbocycles. The van der Waals surface area contributed by atoms with Gasteiger partial charge in [-0.15, -0.1) is 0 Å². The first-order chi connectivity index (χ1) is 15.4. The topological polar surface area (TPSA) is 99.5 Å². The number of piperazine rings is 1. The van der Waals surface area contributed by atoms with Crippen molar-refractivity contribution in [1.82, 2.24) is 4.90 Å². The average Bonchev–Trinajstić information content (AvgIpc) is 2.81. The van der Waals surface area contributed by atoms with Crippen molar-refractivity contribution in [1.29, 1.82) is 0 Å². The van der Waals surface area contributed by atoms with Crippen molar-refractivity contribution in [2.24, 2.45) is 0 Å². The molecule has 174 valence electrons. The Labute approximate surface area is 192 Å². The number of hydrogen-bond donors (Lipinski definition) is 2. The molecule has 0 spiro atoms. The third-order valence-corrected chi connectivity index (χ3v) is 5.18. The fourth-order valence-corrected chi connectivity index (χ4v) is 3.39. The fraction of sp³-hybridized carbons (Fsp3) is 0.391. The number of carbonyl (C=O) groups is 2. The van der Waals surface area contributed by atoms with Crippen LogP contribution in [0.1, 0.15) is 12.8 Å². The Kier molecular flexibility index (Phi) is 10.6. The van der Waals surface area contributed by atoms with Gasteiger partial charge < -0.3 is 24.6 Å². The third kappa shape index (κ3) is 8.64. The highest BCUT2D eigenvalue weighted by Crippen LogP contribution is 2.28. The molecular weight excluding hydrogens is 436 g/mol. The van der Waals surface area contributed by atoms with Crippen molar-refractivity contribution < 1.29 is 29.3 Å². The predicted octanol–water partition coefficient (Wildman–Crippen LogP) is 3.49. The molecule has 1 fully saturated rings. The van der Waals surface area contributed by atoms with E-state index in [4.69, 9.17) is 40.9 Å². The molecule has 9 heteroatoms. The lowest BCUT2D eigenvalue weighted by atomic mass is 10.2. The van der Waals surface area contributed by atoms with Gasteiger partial charge >= 0.3 is 11.9 Å². The maximum Gasteiger partial charge on any atom is 0.414 e. The number of nitrogens with zero attached hydrogens (tertiary/aromatic N) is 2. The van der Waals surface area contributed by atoms with Gasteiger partial charge in [0.1, 0.15) is 11.5 Å². The van der Waals surface area contributed by atoms with Crippen molar-refractivity contribution in [2.45, 2.75) is 12.8 Å². The van der Waals surface area contributed by atoms with Gasteiger partial charge in [-0.3, -0.25) is 4.90 Å². The van der Waals surface area contributed by atoms with E-state index in [2.05, 4.69) is 21.9 Å². The zero-order valence-corrected chi connectivity index (χ0v) is 18.8. The second-order valence-corrected chi connectivity index (χ2v) is 7.56. The lowest BCUT2D eigenvalue weighted by molar-refractivity contribution is -0.159. The zero-order chi connectivity index (χ0) is 23.3. The minimum Gasteiger partial charge on any atom is -0.495 e. The monoisotopic (exact) mass is 464 g/mol. The number of unbranched alkanes of at least 4 members (excludes halogenated alkanes) is 1. The van der Waals surface area contributed by atoms with E-state index in [9.17, 15) is 0 Å². The largest absolute Gasteiger partial charge is 0.495 e. The van der Waals surface area contributed by atoms with E-state index in [0.717, 1.165) is 68.7 Å². The van der Waals surface area contributed by atoms with Gasteiger partial charge in [-0.05, 0) is 55.8 Å². The summed E-state index contributed by atoms with van der Waals surface area (Å²) < 4.78 is 11.2. The molecule has 2 N–H and O–H groups in total. The molecule has 8 nitrogen and oxygen atoms in total. The van der Waals surface area contributed by atoms with E-state index in [1.54, 1.807) is 7.11 Å². The summed E-state index contributed by atoms with van der Waals surface area (Å²) in [5, 5.41) is 15.5. The van der Waals surface area contributed by atoms with Gasteiger partial charge in [0.05, 0.1) is 19.4 Å². The number of rotatable bonds is 8. The summed E-state index contributed by atoms with van der Waals surface area (Å²) in [6.07, 6.45) is 2.22. The van der Waals surface area contributed by atoms with E-state index in [1.165, 1.54) is 5.69 Å². The maximum atomic E-state index is 9.10. The molecule has 0 bridgehead atoms. The number of carboxylic acids is 2. The number of aliphatic carboxylic acids is 2. The zero-order valence-electron chi connectivity index (χ0n) is 18.1. The molecule has 0 radical (unpaired) electrons. The molecule has 1 saturated heterocycles. The maximum absolute atomic E-state index is 9.10. The molecule has 0 atom stereocenters. The van der Waals surface area contributed by atoms with Crippen LogP contribution in [0.5, 0.6) is 11.5 Å². The van der Waals surface area contributed by atoms with Gasteiger partial charge in [-0.1, -0.05) is 23.7 Å². The highest BCUT2D eigenvalue weighted by Gasteiger charge is 2.19. The highest BCUT2D eigenvalue weighted by atomic mass is 35.5. The lowest BCUT2D eigenvalue weighted by Gasteiger charge is -2.36. The molecule has 2 aromatic rings. The summed E-state index contributed by atoms with van der Waals surface area (Å²) in [5.41, 5.74) is 1.20. The second kappa shape index (κ2) is 13.4. The molecule has 1 aliphatic heterocycles. The van der Waals surface area contributed by atoms with E-state index < -0.39 is 11.9 Å². The number of methoxy groups -OCH3 is 1. The average molecular weight is 465 g/mol. The number of anilines is 1. The molecule has 0 aromatic heterocycles. The van der Waals surface area contributed by atoms with Gasteiger partial charge in [-0.2, -0.15) is 0 Å². The molecule has 0 unspecified atom stereocenters. The van der Waals surface area contributed by atoms with Crippen LogP contribution in [0.4, 0.5) is 5.69 Å². The Balaban J connectivity index is 0.000000534. The molecular formula is C23H29ClN2O6. The van der Waals surface area contributed by atoms with Crippen molar-refractivity contribution >= 4 is 29.2 Å².